The minimum atomic E-state index is -0.426. The van der Waals surface area contributed by atoms with Crippen LogP contribution in [0.4, 0.5) is 11.4 Å². The first-order valence-corrected chi connectivity index (χ1v) is 9.93. The zero-order valence-electron chi connectivity index (χ0n) is 16.0. The molecule has 1 amide bonds. The summed E-state index contributed by atoms with van der Waals surface area (Å²) in [7, 11) is 0. The molecular formula is C23H19N3O3S. The summed E-state index contributed by atoms with van der Waals surface area (Å²) in [5, 5.41) is 14.7. The van der Waals surface area contributed by atoms with Crippen molar-refractivity contribution in [3.05, 3.63) is 106 Å². The number of nitrogens with one attached hydrogen (secondary N) is 1. The first-order valence-electron chi connectivity index (χ1n) is 9.52. The Kier molecular flexibility index (Phi) is 5.54. The monoisotopic (exact) mass is 417 g/mol. The quantitative estimate of drug-likeness (QED) is 0.377. The lowest BCUT2D eigenvalue weighted by atomic mass is 9.84. The van der Waals surface area contributed by atoms with Crippen LogP contribution in [0.15, 0.2) is 84.9 Å². The number of carbonyl (C=O) groups excluding carboxylic acids is 1. The molecular weight excluding hydrogens is 398 g/mol. The molecule has 1 aliphatic rings. The van der Waals surface area contributed by atoms with Gasteiger partial charge in [0.1, 0.15) is 0 Å². The summed E-state index contributed by atoms with van der Waals surface area (Å²) in [6, 6.07) is 25.1. The Morgan fingerprint density at radius 3 is 2.10 bits per heavy atom. The summed E-state index contributed by atoms with van der Waals surface area (Å²) in [4.78, 5) is 25.4. The second-order valence-corrected chi connectivity index (χ2v) is 7.45. The van der Waals surface area contributed by atoms with Crippen LogP contribution in [-0.4, -0.2) is 15.9 Å². The van der Waals surface area contributed by atoms with Gasteiger partial charge in [-0.25, -0.2) is 0 Å². The second kappa shape index (κ2) is 8.42. The van der Waals surface area contributed by atoms with Crippen molar-refractivity contribution in [1.29, 1.82) is 0 Å². The number of amides is 1. The number of anilines is 1. The number of benzene rings is 3. The molecule has 1 N–H and O–H groups in total. The van der Waals surface area contributed by atoms with Crippen LogP contribution in [0.2, 0.25) is 0 Å². The molecule has 3 aromatic carbocycles. The van der Waals surface area contributed by atoms with Gasteiger partial charge in [-0.1, -0.05) is 60.7 Å². The standard InChI is InChI=1S/C23H19N3O3S/c27-21-15-20(16-7-3-1-4-8-16)22(17-11-13-19(14-12-17)26(28)29)24-23(30)25(21)18-9-5-2-6-10-18/h1-14,20,22H,15H2,(H,24,30)/t20-,22-/m0/s1. The van der Waals surface area contributed by atoms with E-state index in [1.807, 2.05) is 60.7 Å². The Balaban J connectivity index is 1.76. The Hall–Kier alpha value is -3.58. The molecule has 6 nitrogen and oxygen atoms in total. The van der Waals surface area contributed by atoms with Gasteiger partial charge in [-0.3, -0.25) is 19.8 Å². The minimum Gasteiger partial charge on any atom is -0.354 e. The third-order valence-corrected chi connectivity index (χ3v) is 5.53. The number of nitro benzene ring substituents is 1. The molecule has 150 valence electrons. The maximum Gasteiger partial charge on any atom is 0.269 e. The number of nitrogens with zero attached hydrogens (tertiary/aromatic N) is 2. The normalized spacial score (nSPS) is 19.1. The van der Waals surface area contributed by atoms with E-state index in [0.717, 1.165) is 11.1 Å². The Labute approximate surface area is 179 Å². The van der Waals surface area contributed by atoms with Crippen molar-refractivity contribution in [2.75, 3.05) is 4.90 Å². The van der Waals surface area contributed by atoms with Gasteiger partial charge in [0.15, 0.2) is 5.11 Å². The predicted molar refractivity (Wildman–Crippen MR) is 119 cm³/mol. The highest BCUT2D eigenvalue weighted by Gasteiger charge is 2.36. The third-order valence-electron chi connectivity index (χ3n) is 5.23. The first kappa shape index (κ1) is 19.7. The molecule has 30 heavy (non-hydrogen) atoms. The molecule has 0 aliphatic carbocycles. The smallest absolute Gasteiger partial charge is 0.269 e. The van der Waals surface area contributed by atoms with E-state index < -0.39 is 4.92 Å². The van der Waals surface area contributed by atoms with Gasteiger partial charge in [-0.05, 0) is 35.5 Å². The summed E-state index contributed by atoms with van der Waals surface area (Å²) in [5.41, 5.74) is 2.56. The summed E-state index contributed by atoms with van der Waals surface area (Å²) in [5.74, 6) is -0.288. The van der Waals surface area contributed by atoms with Gasteiger partial charge in [0.25, 0.3) is 5.69 Å². The Bertz CT molecular complexity index is 1070. The van der Waals surface area contributed by atoms with Crippen molar-refractivity contribution in [1.82, 2.24) is 5.32 Å². The molecule has 1 aliphatic heterocycles. The lowest BCUT2D eigenvalue weighted by Gasteiger charge is -2.26. The van der Waals surface area contributed by atoms with E-state index in [1.54, 1.807) is 12.1 Å². The average Bonchev–Trinajstić information content (AvgIpc) is 2.90. The number of nitro groups is 1. The maximum absolute atomic E-state index is 13.2. The minimum absolute atomic E-state index is 0.0215. The molecule has 1 fully saturated rings. The predicted octanol–water partition coefficient (Wildman–Crippen LogP) is 4.73. The van der Waals surface area contributed by atoms with Crippen LogP contribution in [0.1, 0.15) is 29.5 Å². The molecule has 0 aromatic heterocycles. The van der Waals surface area contributed by atoms with Gasteiger partial charge in [0.05, 0.1) is 16.7 Å². The van der Waals surface area contributed by atoms with E-state index >= 15 is 0 Å². The summed E-state index contributed by atoms with van der Waals surface area (Å²) >= 11 is 5.61. The van der Waals surface area contributed by atoms with Crippen LogP contribution < -0.4 is 10.2 Å². The molecule has 2 atom stereocenters. The van der Waals surface area contributed by atoms with Gasteiger partial charge in [-0.2, -0.15) is 0 Å². The summed E-state index contributed by atoms with van der Waals surface area (Å²) in [6.45, 7) is 0. The summed E-state index contributed by atoms with van der Waals surface area (Å²) < 4.78 is 0. The van der Waals surface area contributed by atoms with Crippen LogP contribution in [0, 0.1) is 10.1 Å². The Morgan fingerprint density at radius 1 is 0.900 bits per heavy atom. The molecule has 0 radical (unpaired) electrons. The Morgan fingerprint density at radius 2 is 1.50 bits per heavy atom. The van der Waals surface area contributed by atoms with Gasteiger partial charge in [-0.15, -0.1) is 0 Å². The SMILES string of the molecule is O=C1C[C@@H](c2ccccc2)[C@H](c2ccc([N+](=O)[O-])cc2)NC(=S)N1c1ccccc1. The van der Waals surface area contributed by atoms with Crippen molar-refractivity contribution in [2.45, 2.75) is 18.4 Å². The molecule has 0 saturated carbocycles. The zero-order chi connectivity index (χ0) is 21.1. The molecule has 1 saturated heterocycles. The molecule has 0 bridgehead atoms. The van der Waals surface area contributed by atoms with Gasteiger partial charge < -0.3 is 5.32 Å². The fourth-order valence-electron chi connectivity index (χ4n) is 3.78. The van der Waals surface area contributed by atoms with Crippen molar-refractivity contribution in [3.8, 4) is 0 Å². The number of hydrogen-bond donors (Lipinski definition) is 1. The van der Waals surface area contributed by atoms with Crippen LogP contribution in [0.3, 0.4) is 0 Å². The number of carbonyl (C=O) groups is 1. The average molecular weight is 417 g/mol. The molecule has 0 spiro atoms. The number of hydrogen-bond acceptors (Lipinski definition) is 4. The first-order chi connectivity index (χ1) is 14.5. The molecule has 7 heteroatoms. The lowest BCUT2D eigenvalue weighted by molar-refractivity contribution is -0.384. The fraction of sp³-hybridized carbons (Fsp3) is 0.130. The molecule has 0 unspecified atom stereocenters. The van der Waals surface area contributed by atoms with Gasteiger partial charge in [0, 0.05) is 24.5 Å². The highest BCUT2D eigenvalue weighted by molar-refractivity contribution is 7.80. The van der Waals surface area contributed by atoms with Gasteiger partial charge >= 0.3 is 0 Å². The topological polar surface area (TPSA) is 75.5 Å². The second-order valence-electron chi connectivity index (χ2n) is 7.06. The van der Waals surface area contributed by atoms with Crippen molar-refractivity contribution < 1.29 is 9.72 Å². The largest absolute Gasteiger partial charge is 0.354 e. The third kappa shape index (κ3) is 3.92. The van der Waals surface area contributed by atoms with Gasteiger partial charge in [0.2, 0.25) is 5.91 Å². The molecule has 3 aromatic rings. The van der Waals surface area contributed by atoms with E-state index in [1.165, 1.54) is 17.0 Å². The number of thiocarbonyl (C=S) groups is 1. The van der Waals surface area contributed by atoms with E-state index in [4.69, 9.17) is 12.2 Å². The fourth-order valence-corrected chi connectivity index (χ4v) is 4.11. The van der Waals surface area contributed by atoms with Crippen molar-refractivity contribution >= 4 is 34.6 Å². The van der Waals surface area contributed by atoms with E-state index in [9.17, 15) is 14.9 Å². The molecule has 1 heterocycles. The van der Waals surface area contributed by atoms with Crippen LogP contribution in [0.5, 0.6) is 0 Å². The highest BCUT2D eigenvalue weighted by Crippen LogP contribution is 2.37. The van der Waals surface area contributed by atoms with E-state index in [2.05, 4.69) is 5.32 Å². The highest BCUT2D eigenvalue weighted by atomic mass is 32.1. The van der Waals surface area contributed by atoms with Crippen LogP contribution in [-0.2, 0) is 4.79 Å². The zero-order valence-corrected chi connectivity index (χ0v) is 16.8. The molecule has 4 rings (SSSR count). The number of non-ortho nitro benzene ring substituents is 1. The van der Waals surface area contributed by atoms with Crippen molar-refractivity contribution in [2.24, 2.45) is 0 Å². The lowest BCUT2D eigenvalue weighted by Crippen LogP contribution is -2.42. The van der Waals surface area contributed by atoms with E-state index in [-0.39, 0.29) is 30.0 Å². The number of para-hydroxylation sites is 1. The van der Waals surface area contributed by atoms with Crippen LogP contribution in [0.25, 0.3) is 0 Å². The van der Waals surface area contributed by atoms with Crippen molar-refractivity contribution in [3.63, 3.8) is 0 Å². The summed E-state index contributed by atoms with van der Waals surface area (Å²) in [6.07, 6.45) is 0.244. The number of rotatable bonds is 4. The maximum atomic E-state index is 13.2. The van der Waals surface area contributed by atoms with Crippen LogP contribution >= 0.6 is 12.2 Å². The van der Waals surface area contributed by atoms with E-state index in [0.29, 0.717) is 10.8 Å².